The highest BCUT2D eigenvalue weighted by Crippen LogP contribution is 2.38. The van der Waals surface area contributed by atoms with Crippen molar-refractivity contribution in [3.63, 3.8) is 0 Å². The summed E-state index contributed by atoms with van der Waals surface area (Å²) < 4.78 is 0. The normalized spacial score (nSPS) is 13.5. The predicted molar refractivity (Wildman–Crippen MR) is 73.6 cm³/mol. The lowest BCUT2D eigenvalue weighted by Crippen LogP contribution is -2.20. The number of benzene rings is 1. The highest BCUT2D eigenvalue weighted by atomic mass is 35.5. The van der Waals surface area contributed by atoms with Crippen LogP contribution in [0.5, 0.6) is 0 Å². The molecule has 0 amide bonds. The second kappa shape index (κ2) is 5.22. The van der Waals surface area contributed by atoms with Gasteiger partial charge in [0.25, 0.3) is 0 Å². The van der Waals surface area contributed by atoms with Crippen LogP contribution in [0.2, 0.25) is 0 Å². The summed E-state index contributed by atoms with van der Waals surface area (Å²) in [4.78, 5) is 11.2. The standard InChI is InChI=1S/C15H21ClO/c1-10-6-7-12(8-11(10)2)13(9-14(16)17)15(3,4)5/h6-8,13H,9H2,1-5H3. The molecular formula is C15H21ClO. The van der Waals surface area contributed by atoms with E-state index in [9.17, 15) is 4.79 Å². The first-order valence-electron chi connectivity index (χ1n) is 5.97. The minimum atomic E-state index is -0.261. The lowest BCUT2D eigenvalue weighted by Gasteiger charge is -2.30. The average molecular weight is 253 g/mol. The summed E-state index contributed by atoms with van der Waals surface area (Å²) in [5.74, 6) is 0.173. The molecule has 0 heterocycles. The second-order valence-corrected chi connectivity index (χ2v) is 6.24. The molecule has 1 atom stereocenters. The fraction of sp³-hybridized carbons (Fsp3) is 0.533. The van der Waals surface area contributed by atoms with E-state index in [0.29, 0.717) is 6.42 Å². The van der Waals surface area contributed by atoms with Gasteiger partial charge in [0.1, 0.15) is 0 Å². The Labute approximate surface area is 109 Å². The van der Waals surface area contributed by atoms with Crippen molar-refractivity contribution in [1.82, 2.24) is 0 Å². The summed E-state index contributed by atoms with van der Waals surface area (Å²) in [6.07, 6.45) is 0.396. The van der Waals surface area contributed by atoms with Gasteiger partial charge in [-0.05, 0) is 53.5 Å². The number of carbonyl (C=O) groups is 1. The molecule has 0 aliphatic carbocycles. The number of aryl methyl sites for hydroxylation is 2. The topological polar surface area (TPSA) is 17.1 Å². The molecule has 0 saturated carbocycles. The summed E-state index contributed by atoms with van der Waals surface area (Å²) in [7, 11) is 0. The molecular weight excluding hydrogens is 232 g/mol. The van der Waals surface area contributed by atoms with E-state index in [4.69, 9.17) is 11.6 Å². The molecule has 2 heteroatoms. The van der Waals surface area contributed by atoms with Crippen LogP contribution in [0.3, 0.4) is 0 Å². The Bertz CT molecular complexity index is 415. The number of hydrogen-bond donors (Lipinski definition) is 0. The summed E-state index contributed by atoms with van der Waals surface area (Å²) in [5, 5.41) is -0.261. The lowest BCUT2D eigenvalue weighted by atomic mass is 9.74. The molecule has 0 fully saturated rings. The molecule has 1 rings (SSSR count). The van der Waals surface area contributed by atoms with Gasteiger partial charge in [0.05, 0.1) is 0 Å². The Morgan fingerprint density at radius 2 is 1.82 bits per heavy atom. The van der Waals surface area contributed by atoms with Crippen molar-refractivity contribution >= 4 is 16.8 Å². The lowest BCUT2D eigenvalue weighted by molar-refractivity contribution is -0.112. The van der Waals surface area contributed by atoms with Gasteiger partial charge in [0.2, 0.25) is 5.24 Å². The van der Waals surface area contributed by atoms with E-state index in [1.807, 2.05) is 0 Å². The van der Waals surface area contributed by atoms with E-state index < -0.39 is 0 Å². The van der Waals surface area contributed by atoms with Crippen LogP contribution in [-0.4, -0.2) is 5.24 Å². The molecule has 0 aliphatic heterocycles. The molecule has 1 unspecified atom stereocenters. The minimum Gasteiger partial charge on any atom is -0.281 e. The van der Waals surface area contributed by atoms with Crippen molar-refractivity contribution in [3.05, 3.63) is 34.9 Å². The SMILES string of the molecule is Cc1ccc(C(CC(=O)Cl)C(C)(C)C)cc1C. The van der Waals surface area contributed by atoms with Crippen LogP contribution in [0, 0.1) is 19.3 Å². The van der Waals surface area contributed by atoms with E-state index in [-0.39, 0.29) is 16.6 Å². The fourth-order valence-corrected chi connectivity index (χ4v) is 2.22. The van der Waals surface area contributed by atoms with Crippen molar-refractivity contribution in [3.8, 4) is 0 Å². The van der Waals surface area contributed by atoms with Crippen molar-refractivity contribution in [1.29, 1.82) is 0 Å². The van der Waals surface area contributed by atoms with Gasteiger partial charge in [0, 0.05) is 6.42 Å². The molecule has 0 saturated heterocycles. The molecule has 0 bridgehead atoms. The monoisotopic (exact) mass is 252 g/mol. The van der Waals surface area contributed by atoms with Crippen LogP contribution in [0.1, 0.15) is 49.8 Å². The van der Waals surface area contributed by atoms with E-state index >= 15 is 0 Å². The van der Waals surface area contributed by atoms with E-state index in [1.165, 1.54) is 16.7 Å². The van der Waals surface area contributed by atoms with Gasteiger partial charge in [-0.15, -0.1) is 0 Å². The molecule has 0 radical (unpaired) electrons. The summed E-state index contributed by atoms with van der Waals surface area (Å²) >= 11 is 5.56. The van der Waals surface area contributed by atoms with Crippen LogP contribution in [0.15, 0.2) is 18.2 Å². The number of carbonyl (C=O) groups excluding carboxylic acids is 1. The molecule has 0 spiro atoms. The second-order valence-electron chi connectivity index (χ2n) is 5.82. The third kappa shape index (κ3) is 3.85. The minimum absolute atomic E-state index is 0.0340. The van der Waals surface area contributed by atoms with E-state index in [1.54, 1.807) is 0 Å². The molecule has 0 aliphatic rings. The Hall–Kier alpha value is -0.820. The molecule has 0 N–H and O–H groups in total. The molecule has 1 nitrogen and oxygen atoms in total. The first-order valence-corrected chi connectivity index (χ1v) is 6.35. The maximum atomic E-state index is 11.2. The van der Waals surface area contributed by atoms with Gasteiger partial charge in [-0.3, -0.25) is 4.79 Å². The maximum absolute atomic E-state index is 11.2. The third-order valence-electron chi connectivity index (χ3n) is 3.34. The van der Waals surface area contributed by atoms with Gasteiger partial charge in [-0.25, -0.2) is 0 Å². The largest absolute Gasteiger partial charge is 0.281 e. The summed E-state index contributed by atoms with van der Waals surface area (Å²) in [6.45, 7) is 10.6. The quantitative estimate of drug-likeness (QED) is 0.719. The smallest absolute Gasteiger partial charge is 0.222 e. The highest BCUT2D eigenvalue weighted by molar-refractivity contribution is 6.63. The van der Waals surface area contributed by atoms with E-state index in [0.717, 1.165) is 0 Å². The van der Waals surface area contributed by atoms with Crippen LogP contribution >= 0.6 is 11.6 Å². The van der Waals surface area contributed by atoms with Gasteiger partial charge >= 0.3 is 0 Å². The average Bonchev–Trinajstić information content (AvgIpc) is 2.17. The van der Waals surface area contributed by atoms with Gasteiger partial charge < -0.3 is 0 Å². The first-order chi connectivity index (χ1) is 7.71. The number of hydrogen-bond acceptors (Lipinski definition) is 1. The van der Waals surface area contributed by atoms with Crippen molar-refractivity contribution in [2.45, 2.75) is 47.0 Å². The zero-order valence-corrected chi connectivity index (χ0v) is 12.1. The third-order valence-corrected chi connectivity index (χ3v) is 3.50. The maximum Gasteiger partial charge on any atom is 0.222 e. The van der Waals surface area contributed by atoms with Gasteiger partial charge in [-0.2, -0.15) is 0 Å². The Balaban J connectivity index is 3.13. The Morgan fingerprint density at radius 1 is 1.24 bits per heavy atom. The van der Waals surface area contributed by atoms with Crippen LogP contribution in [-0.2, 0) is 4.79 Å². The predicted octanol–water partition coefficient (Wildman–Crippen LogP) is 4.59. The molecule has 1 aromatic carbocycles. The van der Waals surface area contributed by atoms with Crippen LogP contribution in [0.4, 0.5) is 0 Å². The summed E-state index contributed by atoms with van der Waals surface area (Å²) in [6, 6.07) is 6.39. The molecule has 94 valence electrons. The van der Waals surface area contributed by atoms with E-state index in [2.05, 4.69) is 52.8 Å². The zero-order chi connectivity index (χ0) is 13.2. The Kier molecular flexibility index (Phi) is 4.37. The van der Waals surface area contributed by atoms with Crippen LogP contribution in [0.25, 0.3) is 0 Å². The Morgan fingerprint density at radius 3 is 2.24 bits per heavy atom. The zero-order valence-electron chi connectivity index (χ0n) is 11.3. The van der Waals surface area contributed by atoms with Crippen LogP contribution < -0.4 is 0 Å². The molecule has 1 aromatic rings. The van der Waals surface area contributed by atoms with Gasteiger partial charge in [0.15, 0.2) is 0 Å². The number of halogens is 1. The van der Waals surface area contributed by atoms with Crippen molar-refractivity contribution in [2.75, 3.05) is 0 Å². The molecule has 0 aromatic heterocycles. The summed E-state index contributed by atoms with van der Waals surface area (Å²) in [5.41, 5.74) is 3.78. The fourth-order valence-electron chi connectivity index (χ4n) is 2.07. The van der Waals surface area contributed by atoms with Crippen molar-refractivity contribution < 1.29 is 4.79 Å². The highest BCUT2D eigenvalue weighted by Gasteiger charge is 2.28. The molecule has 17 heavy (non-hydrogen) atoms. The van der Waals surface area contributed by atoms with Crippen molar-refractivity contribution in [2.24, 2.45) is 5.41 Å². The van der Waals surface area contributed by atoms with Gasteiger partial charge in [-0.1, -0.05) is 39.0 Å². The number of rotatable bonds is 3. The first kappa shape index (κ1) is 14.2.